The standard InChI is InChI=1S/C21H25N3O2/c1-16-5-3-4-6-20(16)23-11-13-24(14-12-23)21(26)15-18-7-9-19(10-8-18)22-17(2)25/h3-10H,11-15H2,1-2H3,(H,22,25). The Balaban J connectivity index is 1.54. The Hall–Kier alpha value is -2.82. The molecule has 0 saturated carbocycles. The second-order valence-corrected chi connectivity index (χ2v) is 6.71. The summed E-state index contributed by atoms with van der Waals surface area (Å²) in [5, 5.41) is 2.73. The zero-order valence-electron chi connectivity index (χ0n) is 15.4. The van der Waals surface area contributed by atoms with E-state index in [9.17, 15) is 9.59 Å². The maximum Gasteiger partial charge on any atom is 0.227 e. The summed E-state index contributed by atoms with van der Waals surface area (Å²) < 4.78 is 0. The molecule has 1 heterocycles. The summed E-state index contributed by atoms with van der Waals surface area (Å²) in [7, 11) is 0. The molecule has 5 nitrogen and oxygen atoms in total. The molecule has 1 aliphatic rings. The highest BCUT2D eigenvalue weighted by Gasteiger charge is 2.22. The largest absolute Gasteiger partial charge is 0.368 e. The van der Waals surface area contributed by atoms with Crippen LogP contribution in [0.25, 0.3) is 0 Å². The van der Waals surface area contributed by atoms with E-state index >= 15 is 0 Å². The molecule has 0 spiro atoms. The molecule has 0 aliphatic carbocycles. The van der Waals surface area contributed by atoms with Crippen molar-refractivity contribution in [3.8, 4) is 0 Å². The predicted molar refractivity (Wildman–Crippen MR) is 104 cm³/mol. The van der Waals surface area contributed by atoms with Crippen LogP contribution in [0, 0.1) is 6.92 Å². The van der Waals surface area contributed by atoms with E-state index in [1.54, 1.807) is 0 Å². The third-order valence-corrected chi connectivity index (χ3v) is 4.72. The number of nitrogens with one attached hydrogen (secondary N) is 1. The molecule has 0 atom stereocenters. The summed E-state index contributed by atoms with van der Waals surface area (Å²) in [4.78, 5) is 27.9. The molecule has 1 fully saturated rings. The molecule has 1 N–H and O–H groups in total. The van der Waals surface area contributed by atoms with Crippen molar-refractivity contribution >= 4 is 23.2 Å². The van der Waals surface area contributed by atoms with Crippen LogP contribution >= 0.6 is 0 Å². The lowest BCUT2D eigenvalue weighted by Crippen LogP contribution is -2.49. The fourth-order valence-corrected chi connectivity index (χ4v) is 3.31. The van der Waals surface area contributed by atoms with Crippen LogP contribution in [0.5, 0.6) is 0 Å². The fourth-order valence-electron chi connectivity index (χ4n) is 3.31. The van der Waals surface area contributed by atoms with Crippen molar-refractivity contribution in [3.05, 3.63) is 59.7 Å². The Morgan fingerprint density at radius 1 is 0.962 bits per heavy atom. The van der Waals surface area contributed by atoms with Crippen LogP contribution in [0.1, 0.15) is 18.1 Å². The number of para-hydroxylation sites is 1. The van der Waals surface area contributed by atoms with E-state index < -0.39 is 0 Å². The van der Waals surface area contributed by atoms with Crippen molar-refractivity contribution in [2.75, 3.05) is 36.4 Å². The number of aryl methyl sites for hydroxylation is 1. The van der Waals surface area contributed by atoms with Gasteiger partial charge in [-0.3, -0.25) is 9.59 Å². The second kappa shape index (κ2) is 8.04. The first-order valence-corrected chi connectivity index (χ1v) is 8.98. The minimum atomic E-state index is -0.0969. The lowest BCUT2D eigenvalue weighted by Gasteiger charge is -2.37. The highest BCUT2D eigenvalue weighted by atomic mass is 16.2. The fraction of sp³-hybridized carbons (Fsp3) is 0.333. The van der Waals surface area contributed by atoms with Gasteiger partial charge in [-0.25, -0.2) is 0 Å². The zero-order chi connectivity index (χ0) is 18.5. The number of rotatable bonds is 4. The summed E-state index contributed by atoms with van der Waals surface area (Å²) in [6.07, 6.45) is 0.394. The average molecular weight is 351 g/mol. The lowest BCUT2D eigenvalue weighted by atomic mass is 10.1. The van der Waals surface area contributed by atoms with Gasteiger partial charge < -0.3 is 15.1 Å². The number of nitrogens with zero attached hydrogens (tertiary/aromatic N) is 2. The van der Waals surface area contributed by atoms with Gasteiger partial charge >= 0.3 is 0 Å². The number of amides is 2. The molecule has 2 amide bonds. The molecule has 136 valence electrons. The average Bonchev–Trinajstić information content (AvgIpc) is 2.63. The van der Waals surface area contributed by atoms with Crippen LogP contribution in [-0.2, 0) is 16.0 Å². The van der Waals surface area contributed by atoms with Gasteiger partial charge in [-0.1, -0.05) is 30.3 Å². The number of hydrogen-bond donors (Lipinski definition) is 1. The van der Waals surface area contributed by atoms with Gasteiger partial charge in [0, 0.05) is 44.5 Å². The molecule has 0 radical (unpaired) electrons. The number of piperazine rings is 1. The lowest BCUT2D eigenvalue weighted by molar-refractivity contribution is -0.130. The number of hydrogen-bond acceptors (Lipinski definition) is 3. The molecule has 0 aromatic heterocycles. The number of carbonyl (C=O) groups is 2. The smallest absolute Gasteiger partial charge is 0.227 e. The minimum absolute atomic E-state index is 0.0969. The van der Waals surface area contributed by atoms with E-state index in [4.69, 9.17) is 0 Å². The van der Waals surface area contributed by atoms with Crippen molar-refractivity contribution in [2.45, 2.75) is 20.3 Å². The van der Waals surface area contributed by atoms with E-state index in [1.807, 2.05) is 29.2 Å². The van der Waals surface area contributed by atoms with Crippen molar-refractivity contribution in [1.29, 1.82) is 0 Å². The van der Waals surface area contributed by atoms with Gasteiger partial charge in [0.15, 0.2) is 0 Å². The minimum Gasteiger partial charge on any atom is -0.368 e. The van der Waals surface area contributed by atoms with Crippen LogP contribution in [0.2, 0.25) is 0 Å². The molecule has 26 heavy (non-hydrogen) atoms. The first-order chi connectivity index (χ1) is 12.5. The Morgan fingerprint density at radius 3 is 2.23 bits per heavy atom. The summed E-state index contributed by atoms with van der Waals surface area (Å²) >= 11 is 0. The van der Waals surface area contributed by atoms with Crippen molar-refractivity contribution in [2.24, 2.45) is 0 Å². The molecule has 2 aromatic rings. The summed E-state index contributed by atoms with van der Waals surface area (Å²) in [5.74, 6) is 0.0575. The maximum atomic E-state index is 12.6. The van der Waals surface area contributed by atoms with Crippen LogP contribution in [0.3, 0.4) is 0 Å². The Bertz CT molecular complexity index is 778. The second-order valence-electron chi connectivity index (χ2n) is 6.71. The molecular formula is C21H25N3O2. The zero-order valence-corrected chi connectivity index (χ0v) is 15.4. The Morgan fingerprint density at radius 2 is 1.62 bits per heavy atom. The van der Waals surface area contributed by atoms with E-state index in [-0.39, 0.29) is 11.8 Å². The highest BCUT2D eigenvalue weighted by molar-refractivity contribution is 5.88. The van der Waals surface area contributed by atoms with E-state index in [0.29, 0.717) is 6.42 Å². The van der Waals surface area contributed by atoms with Crippen LogP contribution in [-0.4, -0.2) is 42.9 Å². The van der Waals surface area contributed by atoms with Gasteiger partial charge in [-0.2, -0.15) is 0 Å². The van der Waals surface area contributed by atoms with Crippen molar-refractivity contribution in [1.82, 2.24) is 4.90 Å². The van der Waals surface area contributed by atoms with E-state index in [0.717, 1.165) is 37.4 Å². The van der Waals surface area contributed by atoms with E-state index in [1.165, 1.54) is 18.2 Å². The molecular weight excluding hydrogens is 326 g/mol. The first kappa shape index (κ1) is 18.0. The predicted octanol–water partition coefficient (Wildman–Crippen LogP) is 2.84. The monoisotopic (exact) mass is 351 g/mol. The van der Waals surface area contributed by atoms with Gasteiger partial charge in [-0.05, 0) is 36.2 Å². The SMILES string of the molecule is CC(=O)Nc1ccc(CC(=O)N2CCN(c3ccccc3C)CC2)cc1. The Labute approximate surface area is 154 Å². The summed E-state index contributed by atoms with van der Waals surface area (Å²) in [6, 6.07) is 15.8. The number of carbonyl (C=O) groups excluding carboxylic acids is 2. The van der Waals surface area contributed by atoms with Crippen molar-refractivity contribution in [3.63, 3.8) is 0 Å². The maximum absolute atomic E-state index is 12.6. The van der Waals surface area contributed by atoms with Gasteiger partial charge in [0.05, 0.1) is 6.42 Å². The first-order valence-electron chi connectivity index (χ1n) is 8.98. The topological polar surface area (TPSA) is 52.7 Å². The molecule has 3 rings (SSSR count). The van der Waals surface area contributed by atoms with Gasteiger partial charge in [0.25, 0.3) is 0 Å². The summed E-state index contributed by atoms with van der Waals surface area (Å²) in [6.45, 7) is 6.82. The van der Waals surface area contributed by atoms with Crippen molar-refractivity contribution < 1.29 is 9.59 Å². The molecule has 0 bridgehead atoms. The molecule has 1 saturated heterocycles. The third kappa shape index (κ3) is 4.42. The number of anilines is 2. The molecule has 5 heteroatoms. The van der Waals surface area contributed by atoms with Gasteiger partial charge in [0.1, 0.15) is 0 Å². The molecule has 1 aliphatic heterocycles. The molecule has 0 unspecified atom stereocenters. The number of benzene rings is 2. The Kier molecular flexibility index (Phi) is 5.56. The third-order valence-electron chi connectivity index (χ3n) is 4.72. The highest BCUT2D eigenvalue weighted by Crippen LogP contribution is 2.21. The van der Waals surface area contributed by atoms with Crippen LogP contribution < -0.4 is 10.2 Å². The van der Waals surface area contributed by atoms with E-state index in [2.05, 4.69) is 41.4 Å². The molecule has 2 aromatic carbocycles. The summed E-state index contributed by atoms with van der Waals surface area (Å²) in [5.41, 5.74) is 4.24. The van der Waals surface area contributed by atoms with Crippen LogP contribution in [0.15, 0.2) is 48.5 Å². The van der Waals surface area contributed by atoms with Crippen LogP contribution in [0.4, 0.5) is 11.4 Å². The van der Waals surface area contributed by atoms with Gasteiger partial charge in [0.2, 0.25) is 11.8 Å². The quantitative estimate of drug-likeness (QED) is 0.922. The van der Waals surface area contributed by atoms with Gasteiger partial charge in [-0.15, -0.1) is 0 Å². The normalized spacial score (nSPS) is 14.2.